The van der Waals surface area contributed by atoms with Crippen LogP contribution in [0.1, 0.15) is 126 Å². The molecule has 0 bridgehead atoms. The van der Waals surface area contributed by atoms with E-state index >= 15 is 0 Å². The van der Waals surface area contributed by atoms with Crippen LogP contribution in [0.5, 0.6) is 0 Å². The third kappa shape index (κ3) is 12.1. The van der Waals surface area contributed by atoms with E-state index in [1.165, 1.54) is 86.5 Å². The quantitative estimate of drug-likeness (QED) is 0.0575. The Hall–Kier alpha value is -0.910. The van der Waals surface area contributed by atoms with E-state index in [1.807, 2.05) is 79.9 Å². The predicted octanol–water partition coefficient (Wildman–Crippen LogP) is 17.0. The zero-order valence-corrected chi connectivity index (χ0v) is 34.3. The number of unbranched alkanes of at least 4 members (excludes halogenated alkanes) is 10. The molecule has 4 aromatic carbocycles. The maximum absolute atomic E-state index is 6.46. The lowest BCUT2D eigenvalue weighted by molar-refractivity contribution is 0.550. The summed E-state index contributed by atoms with van der Waals surface area (Å²) in [5.41, 5.74) is 5.08. The van der Waals surface area contributed by atoms with Crippen molar-refractivity contribution in [3.63, 3.8) is 0 Å². The molecule has 4 aromatic rings. The number of hydrogen-bond donors (Lipinski definition) is 0. The second kappa shape index (κ2) is 21.6. The van der Waals surface area contributed by atoms with Crippen molar-refractivity contribution in [2.75, 3.05) is 0 Å². The van der Waals surface area contributed by atoms with Gasteiger partial charge in [-0.1, -0.05) is 207 Å². The van der Waals surface area contributed by atoms with Crippen LogP contribution in [0.4, 0.5) is 0 Å². The van der Waals surface area contributed by atoms with Gasteiger partial charge >= 0.3 is 0 Å². The second-order valence-corrected chi connectivity index (χ2v) is 19.2. The van der Waals surface area contributed by atoms with Crippen LogP contribution in [0.2, 0.25) is 20.1 Å². The molecule has 0 amide bonds. The highest BCUT2D eigenvalue weighted by molar-refractivity contribution is 9.09. The van der Waals surface area contributed by atoms with Gasteiger partial charge in [0.15, 0.2) is 0 Å². The SMILES string of the molecule is CCCCCCCCC(SSSC(CCCCCCCC)(c1ccc(Cl)cc1)c1ccc(Cl)cc1)(c1ccc(Cl)cc1)c1ccc(Cl)cc1. The topological polar surface area (TPSA) is 0 Å². The van der Waals surface area contributed by atoms with Gasteiger partial charge in [0.05, 0.1) is 9.49 Å². The summed E-state index contributed by atoms with van der Waals surface area (Å²) in [7, 11) is 5.85. The zero-order chi connectivity index (χ0) is 35.0. The molecule has 0 aliphatic carbocycles. The Balaban J connectivity index is 1.73. The maximum Gasteiger partial charge on any atom is 0.0768 e. The average molecular weight is 793 g/mol. The largest absolute Gasteiger partial charge is 0.0843 e. The summed E-state index contributed by atoms with van der Waals surface area (Å²) in [4.78, 5) is 0. The van der Waals surface area contributed by atoms with Crippen molar-refractivity contribution in [1.29, 1.82) is 0 Å². The minimum absolute atomic E-state index is 0.288. The second-order valence-electron chi connectivity index (χ2n) is 13.0. The fourth-order valence-corrected chi connectivity index (χ4v) is 13.5. The molecule has 4 rings (SSSR count). The van der Waals surface area contributed by atoms with Crippen LogP contribution in [0.15, 0.2) is 97.1 Å². The van der Waals surface area contributed by atoms with Gasteiger partial charge in [-0.05, 0) is 93.5 Å². The van der Waals surface area contributed by atoms with E-state index in [1.54, 1.807) is 0 Å². The Morgan fingerprint density at radius 3 is 0.878 bits per heavy atom. The van der Waals surface area contributed by atoms with Crippen LogP contribution in [-0.4, -0.2) is 0 Å². The van der Waals surface area contributed by atoms with Gasteiger partial charge in [-0.15, -0.1) is 0 Å². The maximum atomic E-state index is 6.46. The summed E-state index contributed by atoms with van der Waals surface area (Å²) in [6.45, 7) is 4.55. The van der Waals surface area contributed by atoms with E-state index in [-0.39, 0.29) is 9.49 Å². The van der Waals surface area contributed by atoms with Crippen LogP contribution in [-0.2, 0) is 9.49 Å². The molecule has 49 heavy (non-hydrogen) atoms. The molecule has 0 nitrogen and oxygen atoms in total. The van der Waals surface area contributed by atoms with Gasteiger partial charge in [0, 0.05) is 20.1 Å². The first-order valence-electron chi connectivity index (χ1n) is 17.9. The van der Waals surface area contributed by atoms with Gasteiger partial charge in [0.2, 0.25) is 0 Å². The molecule has 7 heteroatoms. The third-order valence-corrected chi connectivity index (χ3v) is 15.8. The first kappa shape index (κ1) is 40.9. The van der Waals surface area contributed by atoms with E-state index in [9.17, 15) is 0 Å². The Kier molecular flexibility index (Phi) is 18.0. The van der Waals surface area contributed by atoms with Crippen molar-refractivity contribution in [2.45, 2.75) is 113 Å². The van der Waals surface area contributed by atoms with Crippen LogP contribution in [0.25, 0.3) is 0 Å². The number of benzene rings is 4. The molecule has 0 saturated carbocycles. The molecule has 0 aliphatic rings. The van der Waals surface area contributed by atoms with Crippen LogP contribution in [0, 0.1) is 0 Å². The van der Waals surface area contributed by atoms with Crippen molar-refractivity contribution in [3.8, 4) is 0 Å². The minimum Gasteiger partial charge on any atom is -0.0843 e. The smallest absolute Gasteiger partial charge is 0.0768 e. The first-order chi connectivity index (χ1) is 23.8. The fourth-order valence-electron chi connectivity index (χ4n) is 6.50. The molecule has 0 atom stereocenters. The summed E-state index contributed by atoms with van der Waals surface area (Å²) in [5.74, 6) is 0. The van der Waals surface area contributed by atoms with Crippen molar-refractivity contribution in [1.82, 2.24) is 0 Å². The summed E-state index contributed by atoms with van der Waals surface area (Å²) < 4.78 is -0.576. The highest BCUT2D eigenvalue weighted by atomic mass is 35.5. The van der Waals surface area contributed by atoms with Crippen molar-refractivity contribution in [3.05, 3.63) is 139 Å². The molecule has 0 heterocycles. The Bertz CT molecular complexity index is 1280. The van der Waals surface area contributed by atoms with Crippen LogP contribution in [0.3, 0.4) is 0 Å². The monoisotopic (exact) mass is 790 g/mol. The molecule has 264 valence electrons. The molecular formula is C42H50Cl4S3. The first-order valence-corrected chi connectivity index (χ1v) is 22.9. The molecule has 0 N–H and O–H groups in total. The Morgan fingerprint density at radius 1 is 0.367 bits per heavy atom. The molecule has 0 spiro atoms. The number of hydrogen-bond acceptors (Lipinski definition) is 3. The molecule has 0 aliphatic heterocycles. The highest BCUT2D eigenvalue weighted by Crippen LogP contribution is 2.62. The van der Waals surface area contributed by atoms with Crippen molar-refractivity contribution in [2.24, 2.45) is 0 Å². The average Bonchev–Trinajstić information content (AvgIpc) is 3.11. The van der Waals surface area contributed by atoms with Crippen LogP contribution < -0.4 is 0 Å². The van der Waals surface area contributed by atoms with Gasteiger partial charge < -0.3 is 0 Å². The van der Waals surface area contributed by atoms with Crippen LogP contribution >= 0.6 is 77.8 Å². The number of halogens is 4. The Morgan fingerprint density at radius 2 is 0.612 bits per heavy atom. The van der Waals surface area contributed by atoms with Crippen molar-refractivity contribution < 1.29 is 0 Å². The molecule has 0 unspecified atom stereocenters. The summed E-state index contributed by atoms with van der Waals surface area (Å²) in [5, 5.41) is 3.01. The molecule has 0 saturated heterocycles. The van der Waals surface area contributed by atoms with Gasteiger partial charge in [-0.25, -0.2) is 0 Å². The van der Waals surface area contributed by atoms with E-state index in [4.69, 9.17) is 46.4 Å². The normalized spacial score (nSPS) is 12.0. The highest BCUT2D eigenvalue weighted by Gasteiger charge is 2.40. The summed E-state index contributed by atoms with van der Waals surface area (Å²) >= 11 is 25.8. The lowest BCUT2D eigenvalue weighted by Gasteiger charge is -2.38. The van der Waals surface area contributed by atoms with E-state index in [2.05, 4.69) is 62.4 Å². The Labute approximate surface area is 328 Å². The summed E-state index contributed by atoms with van der Waals surface area (Å²) in [6, 6.07) is 34.0. The van der Waals surface area contributed by atoms with E-state index in [0.29, 0.717) is 0 Å². The minimum atomic E-state index is -0.288. The van der Waals surface area contributed by atoms with Gasteiger partial charge in [-0.3, -0.25) is 0 Å². The molecule has 0 radical (unpaired) electrons. The molecule has 0 aromatic heterocycles. The van der Waals surface area contributed by atoms with Gasteiger partial charge in [0.1, 0.15) is 0 Å². The lowest BCUT2D eigenvalue weighted by Crippen LogP contribution is -2.25. The third-order valence-electron chi connectivity index (χ3n) is 9.36. The summed E-state index contributed by atoms with van der Waals surface area (Å²) in [6.07, 6.45) is 17.0. The van der Waals surface area contributed by atoms with Gasteiger partial charge in [0.25, 0.3) is 0 Å². The molecule has 0 fully saturated rings. The standard InChI is InChI=1S/C42H50Cl4S3/c1-3-5-7-9-11-13-31-41(33-15-23-37(43)24-16-33,34-17-25-38(44)26-18-34)47-49-48-42(32-14-12-10-8-6-4-2,35-19-27-39(45)28-20-35)36-21-29-40(46)30-22-36/h15-30H,3-14,31-32H2,1-2H3. The number of rotatable bonds is 22. The fraction of sp³-hybridized carbons (Fsp3) is 0.429. The van der Waals surface area contributed by atoms with E-state index < -0.39 is 0 Å². The molecular weight excluding hydrogens is 742 g/mol. The van der Waals surface area contributed by atoms with Crippen molar-refractivity contribution >= 4 is 77.8 Å². The predicted molar refractivity (Wildman–Crippen MR) is 226 cm³/mol. The van der Waals surface area contributed by atoms with Gasteiger partial charge in [-0.2, -0.15) is 0 Å². The lowest BCUT2D eigenvalue weighted by atomic mass is 9.85. The van der Waals surface area contributed by atoms with E-state index in [0.717, 1.165) is 45.8 Å². The zero-order valence-electron chi connectivity index (χ0n) is 28.9.